The first-order valence-corrected chi connectivity index (χ1v) is 7.22. The van der Waals surface area contributed by atoms with Gasteiger partial charge in [-0.2, -0.15) is 5.26 Å². The summed E-state index contributed by atoms with van der Waals surface area (Å²) >= 11 is 0. The van der Waals surface area contributed by atoms with Gasteiger partial charge in [0.25, 0.3) is 0 Å². The first kappa shape index (κ1) is 15.3. The summed E-state index contributed by atoms with van der Waals surface area (Å²) in [5.74, 6) is 0.596. The third-order valence-electron chi connectivity index (χ3n) is 3.46. The molecule has 0 aromatic carbocycles. The molecule has 0 bridgehead atoms. The molecule has 1 aliphatic heterocycles. The summed E-state index contributed by atoms with van der Waals surface area (Å²) in [6.45, 7) is 7.14. The van der Waals surface area contributed by atoms with Crippen LogP contribution in [0.25, 0.3) is 0 Å². The minimum Gasteiger partial charge on any atom is -0.472 e. The van der Waals surface area contributed by atoms with Crippen LogP contribution < -0.4 is 4.74 Å². The van der Waals surface area contributed by atoms with Gasteiger partial charge in [0.1, 0.15) is 6.10 Å². The van der Waals surface area contributed by atoms with Crippen molar-refractivity contribution in [2.45, 2.75) is 39.7 Å². The van der Waals surface area contributed by atoms with Crippen molar-refractivity contribution in [3.63, 3.8) is 0 Å². The van der Waals surface area contributed by atoms with Gasteiger partial charge in [-0.25, -0.2) is 4.98 Å². The van der Waals surface area contributed by atoms with Crippen molar-refractivity contribution in [1.82, 2.24) is 9.88 Å². The number of piperidine rings is 1. The summed E-state index contributed by atoms with van der Waals surface area (Å²) in [6, 6.07) is 5.34. The monoisotopic (exact) mass is 287 g/mol. The maximum Gasteiger partial charge on any atom is 0.228 e. The van der Waals surface area contributed by atoms with Gasteiger partial charge in [0.15, 0.2) is 0 Å². The molecule has 1 aromatic rings. The molecule has 1 fully saturated rings. The van der Waals surface area contributed by atoms with Crippen molar-refractivity contribution in [2.24, 2.45) is 5.41 Å². The molecule has 1 aromatic heterocycles. The number of amides is 1. The molecule has 0 aliphatic carbocycles. The maximum atomic E-state index is 12.3. The number of carbonyl (C=O) groups excluding carboxylic acids is 1. The number of rotatable bonds is 2. The van der Waals surface area contributed by atoms with E-state index in [1.54, 1.807) is 18.3 Å². The standard InChI is InChI=1S/C16H21N3O2/c1-16(2,3)15(20)19-8-4-5-13(11-19)21-14-9-12(10-17)6-7-18-14/h6-7,9,13H,4-5,8,11H2,1-3H3. The van der Waals surface area contributed by atoms with Crippen LogP contribution in [0.15, 0.2) is 18.3 Å². The van der Waals surface area contributed by atoms with Crippen LogP contribution in [-0.4, -0.2) is 35.0 Å². The second-order valence-corrected chi connectivity index (χ2v) is 6.38. The molecule has 1 saturated heterocycles. The fourth-order valence-corrected chi connectivity index (χ4v) is 2.41. The van der Waals surface area contributed by atoms with E-state index in [1.165, 1.54) is 0 Å². The normalized spacial score (nSPS) is 19.0. The zero-order valence-corrected chi connectivity index (χ0v) is 12.8. The molecule has 112 valence electrons. The minimum absolute atomic E-state index is 0.0634. The summed E-state index contributed by atoms with van der Waals surface area (Å²) in [5.41, 5.74) is 0.152. The van der Waals surface area contributed by atoms with Crippen LogP contribution in [0.4, 0.5) is 0 Å². The van der Waals surface area contributed by atoms with Crippen molar-refractivity contribution in [3.8, 4) is 11.9 Å². The molecule has 0 spiro atoms. The number of aromatic nitrogens is 1. The fourth-order valence-electron chi connectivity index (χ4n) is 2.41. The molecule has 2 rings (SSSR count). The Kier molecular flexibility index (Phi) is 4.46. The molecule has 1 atom stereocenters. The van der Waals surface area contributed by atoms with Crippen LogP contribution in [0.3, 0.4) is 0 Å². The van der Waals surface area contributed by atoms with Crippen molar-refractivity contribution < 1.29 is 9.53 Å². The summed E-state index contributed by atoms with van der Waals surface area (Å²) in [6.07, 6.45) is 3.32. The Hall–Kier alpha value is -2.09. The largest absolute Gasteiger partial charge is 0.472 e. The molecule has 0 N–H and O–H groups in total. The number of hydrogen-bond donors (Lipinski definition) is 0. The Balaban J connectivity index is 2.01. The van der Waals surface area contributed by atoms with Crippen molar-refractivity contribution in [3.05, 3.63) is 23.9 Å². The average Bonchev–Trinajstić information content (AvgIpc) is 2.46. The fraction of sp³-hybridized carbons (Fsp3) is 0.562. The van der Waals surface area contributed by atoms with Crippen LogP contribution >= 0.6 is 0 Å². The predicted molar refractivity (Wildman–Crippen MR) is 78.6 cm³/mol. The first-order chi connectivity index (χ1) is 9.90. The Morgan fingerprint density at radius 2 is 2.29 bits per heavy atom. The highest BCUT2D eigenvalue weighted by Gasteiger charge is 2.31. The third kappa shape index (κ3) is 3.94. The number of nitriles is 1. The minimum atomic E-state index is -0.374. The van der Waals surface area contributed by atoms with Crippen LogP contribution in [0, 0.1) is 16.7 Å². The topological polar surface area (TPSA) is 66.2 Å². The Bertz CT molecular complexity index is 557. The third-order valence-corrected chi connectivity index (χ3v) is 3.46. The Morgan fingerprint density at radius 1 is 1.52 bits per heavy atom. The lowest BCUT2D eigenvalue weighted by atomic mass is 9.93. The molecule has 0 saturated carbocycles. The zero-order chi connectivity index (χ0) is 15.5. The molecule has 2 heterocycles. The molecular formula is C16H21N3O2. The summed E-state index contributed by atoms with van der Waals surface area (Å²) in [4.78, 5) is 18.3. The molecule has 1 unspecified atom stereocenters. The molecule has 1 amide bonds. The highest BCUT2D eigenvalue weighted by Crippen LogP contribution is 2.23. The lowest BCUT2D eigenvalue weighted by Crippen LogP contribution is -2.48. The van der Waals surface area contributed by atoms with E-state index in [1.807, 2.05) is 25.7 Å². The van der Waals surface area contributed by atoms with Gasteiger partial charge in [-0.05, 0) is 18.9 Å². The van der Waals surface area contributed by atoms with E-state index < -0.39 is 0 Å². The van der Waals surface area contributed by atoms with E-state index in [2.05, 4.69) is 11.1 Å². The van der Waals surface area contributed by atoms with Crippen LogP contribution in [0.5, 0.6) is 5.88 Å². The van der Waals surface area contributed by atoms with Gasteiger partial charge in [-0.15, -0.1) is 0 Å². The number of ether oxygens (including phenoxy) is 1. The smallest absolute Gasteiger partial charge is 0.228 e. The van der Waals surface area contributed by atoms with E-state index >= 15 is 0 Å². The van der Waals surface area contributed by atoms with E-state index in [4.69, 9.17) is 10.00 Å². The molecular weight excluding hydrogens is 266 g/mol. The van der Waals surface area contributed by atoms with Gasteiger partial charge in [-0.1, -0.05) is 20.8 Å². The van der Waals surface area contributed by atoms with E-state index in [-0.39, 0.29) is 17.4 Å². The predicted octanol–water partition coefficient (Wildman–Crippen LogP) is 2.37. The van der Waals surface area contributed by atoms with Gasteiger partial charge < -0.3 is 9.64 Å². The summed E-state index contributed by atoms with van der Waals surface area (Å²) in [7, 11) is 0. The van der Waals surface area contributed by atoms with Gasteiger partial charge in [-0.3, -0.25) is 4.79 Å². The van der Waals surface area contributed by atoms with E-state index in [0.29, 0.717) is 18.0 Å². The first-order valence-electron chi connectivity index (χ1n) is 7.22. The van der Waals surface area contributed by atoms with Crippen LogP contribution in [0.1, 0.15) is 39.2 Å². The van der Waals surface area contributed by atoms with Gasteiger partial charge >= 0.3 is 0 Å². The summed E-state index contributed by atoms with van der Waals surface area (Å²) in [5, 5.41) is 8.89. The molecule has 5 nitrogen and oxygen atoms in total. The lowest BCUT2D eigenvalue weighted by molar-refractivity contribution is -0.142. The summed E-state index contributed by atoms with van der Waals surface area (Å²) < 4.78 is 5.83. The number of likely N-dealkylation sites (tertiary alicyclic amines) is 1. The van der Waals surface area contributed by atoms with Gasteiger partial charge in [0, 0.05) is 24.2 Å². The van der Waals surface area contributed by atoms with Gasteiger partial charge in [0.05, 0.1) is 18.2 Å². The Morgan fingerprint density at radius 3 is 2.95 bits per heavy atom. The Labute approximate surface area is 125 Å². The molecule has 1 aliphatic rings. The second-order valence-electron chi connectivity index (χ2n) is 6.38. The van der Waals surface area contributed by atoms with Crippen molar-refractivity contribution >= 4 is 5.91 Å². The highest BCUT2D eigenvalue weighted by atomic mass is 16.5. The molecule has 21 heavy (non-hydrogen) atoms. The molecule has 5 heteroatoms. The van der Waals surface area contributed by atoms with Crippen LogP contribution in [-0.2, 0) is 4.79 Å². The van der Waals surface area contributed by atoms with E-state index in [0.717, 1.165) is 19.4 Å². The maximum absolute atomic E-state index is 12.3. The number of carbonyl (C=O) groups is 1. The number of nitrogens with zero attached hydrogens (tertiary/aromatic N) is 3. The zero-order valence-electron chi connectivity index (χ0n) is 12.8. The van der Waals surface area contributed by atoms with Crippen molar-refractivity contribution in [2.75, 3.05) is 13.1 Å². The molecule has 0 radical (unpaired) electrons. The number of hydrogen-bond acceptors (Lipinski definition) is 4. The lowest BCUT2D eigenvalue weighted by Gasteiger charge is -2.36. The van der Waals surface area contributed by atoms with Crippen LogP contribution in [0.2, 0.25) is 0 Å². The SMILES string of the molecule is CC(C)(C)C(=O)N1CCCC(Oc2cc(C#N)ccn2)C1. The second kappa shape index (κ2) is 6.13. The quantitative estimate of drug-likeness (QED) is 0.837. The van der Waals surface area contributed by atoms with Gasteiger partial charge in [0.2, 0.25) is 11.8 Å². The van der Waals surface area contributed by atoms with Crippen molar-refractivity contribution in [1.29, 1.82) is 5.26 Å². The highest BCUT2D eigenvalue weighted by molar-refractivity contribution is 5.81. The number of pyridine rings is 1. The average molecular weight is 287 g/mol. The van der Waals surface area contributed by atoms with E-state index in [9.17, 15) is 4.79 Å².